The minimum absolute atomic E-state index is 0.0502. The summed E-state index contributed by atoms with van der Waals surface area (Å²) in [6.45, 7) is 3.73. The zero-order valence-electron chi connectivity index (χ0n) is 27.4. The molecule has 0 spiro atoms. The molecule has 2 aromatic rings. The summed E-state index contributed by atoms with van der Waals surface area (Å²) >= 11 is 0. The minimum atomic E-state index is -4.34. The number of nitrogens with one attached hydrogen (secondary N) is 1. The van der Waals surface area contributed by atoms with Crippen molar-refractivity contribution in [3.63, 3.8) is 0 Å². The molecular formula is C33H44N3O11S-. The molecular weight excluding hydrogens is 646 g/mol. The van der Waals surface area contributed by atoms with Gasteiger partial charge in [0.05, 0.1) is 38.0 Å². The molecule has 15 heteroatoms. The number of para-hydroxylation sites is 1. The topological polar surface area (TPSA) is 176 Å². The van der Waals surface area contributed by atoms with Gasteiger partial charge in [0.25, 0.3) is 0 Å². The number of carbonyl (C=O) groups excluding carboxylic acids is 2. The zero-order valence-corrected chi connectivity index (χ0v) is 28.2. The van der Waals surface area contributed by atoms with Gasteiger partial charge in [0.1, 0.15) is 11.0 Å². The fraction of sp³-hybridized carbons (Fsp3) is 0.576. The van der Waals surface area contributed by atoms with Crippen molar-refractivity contribution in [1.29, 1.82) is 0 Å². The van der Waals surface area contributed by atoms with E-state index in [-0.39, 0.29) is 55.3 Å². The summed E-state index contributed by atoms with van der Waals surface area (Å²) in [7, 11) is -2.88. The van der Waals surface area contributed by atoms with E-state index in [0.29, 0.717) is 25.9 Å². The Balaban J connectivity index is 1.47. The monoisotopic (exact) mass is 690 g/mol. The van der Waals surface area contributed by atoms with Crippen LogP contribution in [0.2, 0.25) is 0 Å². The molecule has 0 saturated carbocycles. The van der Waals surface area contributed by atoms with Gasteiger partial charge in [-0.3, -0.25) is 0 Å². The number of carboxylic acid groups (broad SMARTS) is 1. The van der Waals surface area contributed by atoms with Crippen LogP contribution in [0.4, 0.5) is 9.59 Å². The molecule has 2 amide bonds. The van der Waals surface area contributed by atoms with Gasteiger partial charge in [0.2, 0.25) is 16.8 Å². The van der Waals surface area contributed by atoms with Gasteiger partial charge in [-0.25, -0.2) is 13.2 Å². The van der Waals surface area contributed by atoms with Gasteiger partial charge >= 0.3 is 6.09 Å². The van der Waals surface area contributed by atoms with E-state index < -0.39 is 58.6 Å². The van der Waals surface area contributed by atoms with Crippen LogP contribution in [-0.2, 0) is 30.7 Å². The average Bonchev–Trinajstić information content (AvgIpc) is 3.81. The number of alkyl carbamates (subject to hydrolysis) is 1. The third-order valence-corrected chi connectivity index (χ3v) is 10.9. The Bertz CT molecular complexity index is 1520. The minimum Gasteiger partial charge on any atom is -0.530 e. The van der Waals surface area contributed by atoms with Crippen molar-refractivity contribution in [2.75, 3.05) is 46.8 Å². The van der Waals surface area contributed by atoms with Gasteiger partial charge in [0.15, 0.2) is 17.8 Å². The fourth-order valence-corrected chi connectivity index (χ4v) is 8.48. The summed E-state index contributed by atoms with van der Waals surface area (Å²) in [6.07, 6.45) is -2.50. The highest BCUT2D eigenvalue weighted by Gasteiger charge is 2.48. The van der Waals surface area contributed by atoms with Crippen LogP contribution < -0.4 is 19.9 Å². The van der Waals surface area contributed by atoms with Crippen molar-refractivity contribution in [2.45, 2.75) is 68.9 Å². The first-order chi connectivity index (χ1) is 22.9. The van der Waals surface area contributed by atoms with Crippen molar-refractivity contribution in [2.24, 2.45) is 11.3 Å². The lowest BCUT2D eigenvalue weighted by atomic mass is 9.87. The van der Waals surface area contributed by atoms with Crippen molar-refractivity contribution in [3.05, 3.63) is 54.1 Å². The van der Waals surface area contributed by atoms with Gasteiger partial charge in [-0.05, 0) is 48.8 Å². The van der Waals surface area contributed by atoms with E-state index in [9.17, 15) is 28.2 Å². The normalized spacial score (nSPS) is 21.5. The van der Waals surface area contributed by atoms with Crippen molar-refractivity contribution < 1.29 is 51.9 Å². The quantitative estimate of drug-likeness (QED) is 0.261. The molecule has 2 aromatic carbocycles. The van der Waals surface area contributed by atoms with Gasteiger partial charge < -0.3 is 48.9 Å². The van der Waals surface area contributed by atoms with Crippen LogP contribution in [0.25, 0.3) is 0 Å². The van der Waals surface area contributed by atoms with Gasteiger partial charge in [-0.2, -0.15) is 4.31 Å². The van der Waals surface area contributed by atoms with Crippen LogP contribution in [0.3, 0.4) is 0 Å². The summed E-state index contributed by atoms with van der Waals surface area (Å²) < 4.78 is 57.6. The van der Waals surface area contributed by atoms with Crippen molar-refractivity contribution >= 4 is 22.2 Å². The molecule has 3 aliphatic rings. The third-order valence-electron chi connectivity index (χ3n) is 9.07. The Morgan fingerprint density at radius 1 is 1.12 bits per heavy atom. The molecule has 3 aliphatic heterocycles. The zero-order chi connectivity index (χ0) is 34.5. The summed E-state index contributed by atoms with van der Waals surface area (Å²) in [5.41, 5.74) is 0.0911. The Morgan fingerprint density at radius 2 is 1.90 bits per heavy atom. The van der Waals surface area contributed by atoms with E-state index in [0.717, 1.165) is 10.5 Å². The lowest BCUT2D eigenvalue weighted by molar-refractivity contribution is -0.273. The molecule has 5 rings (SSSR count). The lowest BCUT2D eigenvalue weighted by Gasteiger charge is -2.43. The second-order valence-corrected chi connectivity index (χ2v) is 14.9. The number of hydrogen-bond donors (Lipinski definition) is 2. The molecule has 0 aromatic heterocycles. The molecule has 264 valence electrons. The van der Waals surface area contributed by atoms with Crippen LogP contribution >= 0.6 is 0 Å². The molecule has 14 nitrogen and oxygen atoms in total. The number of nitrogens with zero attached hydrogens (tertiary/aromatic N) is 2. The Kier molecular flexibility index (Phi) is 11.4. The number of fused-ring (bicyclic) bond motifs is 2. The number of aliphatic hydroxyl groups excluding tert-OH is 1. The molecule has 0 aliphatic carbocycles. The van der Waals surface area contributed by atoms with Crippen LogP contribution in [-0.4, -0.2) is 106 Å². The van der Waals surface area contributed by atoms with Crippen LogP contribution in [0.5, 0.6) is 11.5 Å². The predicted octanol–water partition coefficient (Wildman–Crippen LogP) is 1.95. The van der Waals surface area contributed by atoms with E-state index in [1.807, 2.05) is 44.2 Å². The molecule has 48 heavy (non-hydrogen) atoms. The van der Waals surface area contributed by atoms with Crippen LogP contribution in [0.1, 0.15) is 38.7 Å². The van der Waals surface area contributed by atoms with Gasteiger partial charge in [-0.1, -0.05) is 50.2 Å². The standard InChI is InChI=1S/C33H45N3O11S/c1-33(2,14-8-15-44-31(38)34-3)20-35(48(41,42)28-12-7-11-27-29(28)47-21-46-27)18-26(37)24(17-22-9-5-4-6-10-22)36(32(39)40)25-19-45-30-23(25)13-16-43-30/h4-7,9-12,23-26,30,37H,8,13-21H2,1-3H3,(H,34,38)(H,39,40)/p-1/t23-,24-,25-,26+,30+/m0/s1. The molecule has 0 unspecified atom stereocenters. The second-order valence-electron chi connectivity index (χ2n) is 13.0. The fourth-order valence-electron chi connectivity index (χ4n) is 6.69. The van der Waals surface area contributed by atoms with Crippen molar-refractivity contribution in [3.8, 4) is 11.5 Å². The van der Waals surface area contributed by atoms with E-state index in [1.54, 1.807) is 12.1 Å². The van der Waals surface area contributed by atoms with E-state index in [4.69, 9.17) is 23.7 Å². The summed E-state index contributed by atoms with van der Waals surface area (Å²) in [4.78, 5) is 25.4. The van der Waals surface area contributed by atoms with Gasteiger partial charge in [-0.15, -0.1) is 0 Å². The van der Waals surface area contributed by atoms with Crippen LogP contribution in [0.15, 0.2) is 53.4 Å². The first-order valence-corrected chi connectivity index (χ1v) is 17.5. The maximum absolute atomic E-state index is 14.5. The highest BCUT2D eigenvalue weighted by molar-refractivity contribution is 7.89. The SMILES string of the molecule is CNC(=O)OCCCC(C)(C)CN(C[C@@H](O)[C@H](Cc1ccccc1)N(C(=O)[O-])[C@H]1CO[C@H]2OCC[C@H]21)S(=O)(=O)c1cccc2c1OCO2. The summed E-state index contributed by atoms with van der Waals surface area (Å²) in [5, 5.41) is 27.3. The number of benzene rings is 2. The number of ether oxygens (including phenoxy) is 5. The second kappa shape index (κ2) is 15.3. The Morgan fingerprint density at radius 3 is 2.62 bits per heavy atom. The smallest absolute Gasteiger partial charge is 0.406 e. The van der Waals surface area contributed by atoms with Gasteiger partial charge in [0, 0.05) is 26.1 Å². The van der Waals surface area contributed by atoms with Crippen molar-refractivity contribution in [1.82, 2.24) is 14.5 Å². The number of carbonyl (C=O) groups is 2. The molecule has 5 atom stereocenters. The predicted molar refractivity (Wildman–Crippen MR) is 170 cm³/mol. The number of aliphatic hydroxyl groups is 1. The van der Waals surface area contributed by atoms with E-state index in [1.165, 1.54) is 17.4 Å². The lowest BCUT2D eigenvalue weighted by Crippen LogP contribution is -2.61. The highest BCUT2D eigenvalue weighted by atomic mass is 32.2. The molecule has 2 N–H and O–H groups in total. The number of amides is 2. The molecule has 0 bridgehead atoms. The third kappa shape index (κ3) is 8.14. The number of rotatable bonds is 15. The molecule has 2 fully saturated rings. The Hall–Kier alpha value is -3.63. The first kappa shape index (κ1) is 35.7. The maximum atomic E-state index is 14.5. The summed E-state index contributed by atoms with van der Waals surface area (Å²) in [6, 6.07) is 11.9. The maximum Gasteiger partial charge on any atom is 0.406 e. The number of hydrogen-bond acceptors (Lipinski definition) is 11. The molecule has 0 radical (unpaired) electrons. The van der Waals surface area contributed by atoms with Crippen LogP contribution in [0, 0.1) is 11.3 Å². The first-order valence-electron chi connectivity index (χ1n) is 16.1. The largest absolute Gasteiger partial charge is 0.530 e. The Labute approximate surface area is 280 Å². The van der Waals surface area contributed by atoms with E-state index in [2.05, 4.69) is 5.32 Å². The van der Waals surface area contributed by atoms with E-state index >= 15 is 0 Å². The molecule has 3 heterocycles. The highest BCUT2D eigenvalue weighted by Crippen LogP contribution is 2.41. The summed E-state index contributed by atoms with van der Waals surface area (Å²) in [5.74, 6) is 0.0939. The average molecular weight is 691 g/mol. The molecule has 2 saturated heterocycles. The number of sulfonamides is 1.